The molecular formula is C10H11N3O5S. The largest absolute Gasteiger partial charge is 0.476 e. The van der Waals surface area contributed by atoms with Gasteiger partial charge >= 0.3 is 5.97 Å². The monoisotopic (exact) mass is 285 g/mol. The molecule has 102 valence electrons. The zero-order valence-corrected chi connectivity index (χ0v) is 10.7. The molecule has 0 spiro atoms. The molecule has 0 bridgehead atoms. The summed E-state index contributed by atoms with van der Waals surface area (Å²) in [7, 11) is -3.97. The van der Waals surface area contributed by atoms with E-state index in [0.29, 0.717) is 5.56 Å². The normalized spacial score (nSPS) is 11.6. The average Bonchev–Trinajstić information content (AvgIpc) is 2.95. The summed E-state index contributed by atoms with van der Waals surface area (Å²) in [6.45, 7) is 1.44. The summed E-state index contributed by atoms with van der Waals surface area (Å²) in [6.07, 6.45) is 2.80. The van der Waals surface area contributed by atoms with Crippen molar-refractivity contribution in [2.24, 2.45) is 0 Å². The van der Waals surface area contributed by atoms with Gasteiger partial charge in [-0.1, -0.05) is 0 Å². The molecule has 0 aliphatic heterocycles. The topological polar surface area (TPSA) is 125 Å². The lowest BCUT2D eigenvalue weighted by atomic mass is 10.4. The molecule has 2 heterocycles. The number of aromatic amines is 1. The Hall–Kier alpha value is -2.13. The van der Waals surface area contributed by atoms with E-state index in [1.54, 1.807) is 6.07 Å². The number of carboxylic acids is 1. The van der Waals surface area contributed by atoms with E-state index in [2.05, 4.69) is 14.9 Å². The van der Waals surface area contributed by atoms with Gasteiger partial charge in [-0.2, -0.15) is 5.10 Å². The second-order valence-corrected chi connectivity index (χ2v) is 5.49. The Morgan fingerprint density at radius 1 is 1.58 bits per heavy atom. The Labute approximate surface area is 108 Å². The first kappa shape index (κ1) is 13.3. The van der Waals surface area contributed by atoms with Crippen LogP contribution in [-0.4, -0.2) is 29.7 Å². The van der Waals surface area contributed by atoms with Crippen molar-refractivity contribution < 1.29 is 22.7 Å². The van der Waals surface area contributed by atoms with Crippen molar-refractivity contribution in [2.75, 3.05) is 0 Å². The number of hydrogen-bond acceptors (Lipinski definition) is 5. The molecule has 0 saturated carbocycles. The van der Waals surface area contributed by atoms with Crippen LogP contribution in [0.3, 0.4) is 0 Å². The molecular weight excluding hydrogens is 274 g/mol. The van der Waals surface area contributed by atoms with Crippen molar-refractivity contribution >= 4 is 16.0 Å². The molecule has 2 aromatic heterocycles. The first-order valence-corrected chi connectivity index (χ1v) is 6.69. The maximum atomic E-state index is 12.1. The van der Waals surface area contributed by atoms with E-state index in [0.717, 1.165) is 0 Å². The van der Waals surface area contributed by atoms with Gasteiger partial charge in [-0.25, -0.2) is 17.9 Å². The van der Waals surface area contributed by atoms with Crippen LogP contribution in [0.15, 0.2) is 27.9 Å². The standard InChI is InChI=1S/C10H11N3O5S/c1-6-9(8(10(14)15)13-12-6)19(16,17)11-4-7-2-3-18-5-7/h2-3,5,11H,4H2,1H3,(H,12,13)(H,14,15). The average molecular weight is 285 g/mol. The number of aromatic carboxylic acids is 1. The minimum Gasteiger partial charge on any atom is -0.476 e. The zero-order valence-electron chi connectivity index (χ0n) is 9.87. The molecule has 0 aliphatic rings. The van der Waals surface area contributed by atoms with Crippen LogP contribution in [0.25, 0.3) is 0 Å². The third-order valence-corrected chi connectivity index (χ3v) is 3.97. The fraction of sp³-hybridized carbons (Fsp3) is 0.200. The van der Waals surface area contributed by atoms with Crippen molar-refractivity contribution in [2.45, 2.75) is 18.4 Å². The highest BCUT2D eigenvalue weighted by molar-refractivity contribution is 7.89. The summed E-state index contributed by atoms with van der Waals surface area (Å²) in [4.78, 5) is 10.6. The number of aryl methyl sites for hydroxylation is 1. The number of rotatable bonds is 5. The second kappa shape index (κ2) is 4.86. The second-order valence-electron chi connectivity index (χ2n) is 3.79. The molecule has 9 heteroatoms. The Bertz CT molecular complexity index is 687. The Morgan fingerprint density at radius 3 is 2.89 bits per heavy atom. The lowest BCUT2D eigenvalue weighted by Crippen LogP contribution is -2.25. The number of sulfonamides is 1. The van der Waals surface area contributed by atoms with E-state index in [4.69, 9.17) is 9.52 Å². The third-order valence-electron chi connectivity index (χ3n) is 2.41. The van der Waals surface area contributed by atoms with Crippen LogP contribution >= 0.6 is 0 Å². The van der Waals surface area contributed by atoms with Gasteiger partial charge < -0.3 is 9.52 Å². The van der Waals surface area contributed by atoms with Gasteiger partial charge in [0.1, 0.15) is 4.90 Å². The summed E-state index contributed by atoms with van der Waals surface area (Å²) in [5.41, 5.74) is 0.260. The molecule has 2 rings (SSSR count). The van der Waals surface area contributed by atoms with E-state index >= 15 is 0 Å². The van der Waals surface area contributed by atoms with E-state index in [-0.39, 0.29) is 17.1 Å². The first-order chi connectivity index (χ1) is 8.92. The highest BCUT2D eigenvalue weighted by Crippen LogP contribution is 2.17. The number of nitrogens with one attached hydrogen (secondary N) is 2. The lowest BCUT2D eigenvalue weighted by Gasteiger charge is -2.05. The van der Waals surface area contributed by atoms with Crippen molar-refractivity contribution in [3.8, 4) is 0 Å². The summed E-state index contributed by atoms with van der Waals surface area (Å²) in [5, 5.41) is 14.7. The fourth-order valence-corrected chi connectivity index (χ4v) is 2.87. The number of carboxylic acid groups (broad SMARTS) is 1. The van der Waals surface area contributed by atoms with Gasteiger partial charge in [0.05, 0.1) is 18.2 Å². The highest BCUT2D eigenvalue weighted by atomic mass is 32.2. The number of aromatic nitrogens is 2. The molecule has 3 N–H and O–H groups in total. The van der Waals surface area contributed by atoms with Gasteiger partial charge in [0.2, 0.25) is 10.0 Å². The quantitative estimate of drug-likeness (QED) is 0.734. The first-order valence-electron chi connectivity index (χ1n) is 5.21. The van der Waals surface area contributed by atoms with Gasteiger partial charge in [-0.15, -0.1) is 0 Å². The van der Waals surface area contributed by atoms with Crippen LogP contribution in [-0.2, 0) is 16.6 Å². The third kappa shape index (κ3) is 2.66. The van der Waals surface area contributed by atoms with Crippen molar-refractivity contribution in [3.63, 3.8) is 0 Å². The van der Waals surface area contributed by atoms with E-state index in [1.165, 1.54) is 19.5 Å². The number of nitrogens with zero attached hydrogens (tertiary/aromatic N) is 1. The van der Waals surface area contributed by atoms with Crippen molar-refractivity contribution in [1.29, 1.82) is 0 Å². The molecule has 0 atom stereocenters. The molecule has 0 aliphatic carbocycles. The Kier molecular flexibility index (Phi) is 3.40. The number of H-pyrrole nitrogens is 1. The predicted octanol–water partition coefficient (Wildman–Crippen LogP) is 0.488. The number of furan rings is 1. The van der Waals surface area contributed by atoms with Crippen LogP contribution in [0.4, 0.5) is 0 Å². The van der Waals surface area contributed by atoms with Crippen molar-refractivity contribution in [1.82, 2.24) is 14.9 Å². The number of carbonyl (C=O) groups is 1. The van der Waals surface area contributed by atoms with Gasteiger partial charge in [0.25, 0.3) is 0 Å². The summed E-state index contributed by atoms with van der Waals surface area (Å²) in [5.74, 6) is -1.41. The smallest absolute Gasteiger partial charge is 0.357 e. The SMILES string of the molecule is Cc1[nH]nc(C(=O)O)c1S(=O)(=O)NCc1ccoc1. The fourth-order valence-electron chi connectivity index (χ4n) is 1.54. The molecule has 0 unspecified atom stereocenters. The molecule has 0 amide bonds. The van der Waals surface area contributed by atoms with Gasteiger partial charge in [0, 0.05) is 12.1 Å². The minimum atomic E-state index is -3.97. The maximum absolute atomic E-state index is 12.1. The van der Waals surface area contributed by atoms with Gasteiger partial charge in [0.15, 0.2) is 5.69 Å². The molecule has 0 saturated heterocycles. The van der Waals surface area contributed by atoms with E-state index in [1.807, 2.05) is 0 Å². The zero-order chi connectivity index (χ0) is 14.0. The van der Waals surface area contributed by atoms with Gasteiger partial charge in [-0.05, 0) is 13.0 Å². The maximum Gasteiger partial charge on any atom is 0.357 e. The lowest BCUT2D eigenvalue weighted by molar-refractivity contribution is 0.0686. The van der Waals surface area contributed by atoms with Crippen molar-refractivity contribution in [3.05, 3.63) is 35.5 Å². The molecule has 19 heavy (non-hydrogen) atoms. The highest BCUT2D eigenvalue weighted by Gasteiger charge is 2.27. The summed E-state index contributed by atoms with van der Waals surface area (Å²) < 4.78 is 31.2. The Balaban J connectivity index is 2.29. The minimum absolute atomic E-state index is 0.00249. The molecule has 2 aromatic rings. The molecule has 0 fully saturated rings. The van der Waals surface area contributed by atoms with Crippen LogP contribution in [0, 0.1) is 6.92 Å². The summed E-state index contributed by atoms with van der Waals surface area (Å²) >= 11 is 0. The Morgan fingerprint density at radius 2 is 2.32 bits per heavy atom. The van der Waals surface area contributed by atoms with Crippen LogP contribution in [0.1, 0.15) is 21.7 Å². The number of hydrogen-bond donors (Lipinski definition) is 3. The predicted molar refractivity (Wildman–Crippen MR) is 63.0 cm³/mol. The molecule has 0 radical (unpaired) electrons. The molecule has 8 nitrogen and oxygen atoms in total. The molecule has 0 aromatic carbocycles. The van der Waals surface area contributed by atoms with Crippen LogP contribution in [0.2, 0.25) is 0 Å². The van der Waals surface area contributed by atoms with E-state index in [9.17, 15) is 13.2 Å². The summed E-state index contributed by atoms with van der Waals surface area (Å²) in [6, 6.07) is 1.60. The van der Waals surface area contributed by atoms with Gasteiger partial charge in [-0.3, -0.25) is 5.10 Å². The van der Waals surface area contributed by atoms with E-state index < -0.39 is 21.7 Å². The van der Waals surface area contributed by atoms with Crippen LogP contribution < -0.4 is 4.72 Å². The van der Waals surface area contributed by atoms with Crippen LogP contribution in [0.5, 0.6) is 0 Å².